The summed E-state index contributed by atoms with van der Waals surface area (Å²) >= 11 is 0. The Morgan fingerprint density at radius 3 is 2.08 bits per heavy atom. The van der Waals surface area contributed by atoms with Gasteiger partial charge in [-0.15, -0.1) is 0 Å². The first-order chi connectivity index (χ1) is 5.04. The molecule has 1 rings (SSSR count). The molecule has 72 valence electrons. The van der Waals surface area contributed by atoms with Gasteiger partial charge in [-0.2, -0.15) is 0 Å². The van der Waals surface area contributed by atoms with Crippen LogP contribution in [0.25, 0.3) is 0 Å². The van der Waals surface area contributed by atoms with Crippen molar-refractivity contribution in [3.63, 3.8) is 0 Å². The van der Waals surface area contributed by atoms with Crippen molar-refractivity contribution in [3.05, 3.63) is 0 Å². The van der Waals surface area contributed by atoms with Gasteiger partial charge < -0.3 is 9.80 Å². The monoisotopic (exact) mass is 172 g/mol. The minimum absolute atomic E-state index is 0. The Hall–Kier alpha value is -0.730. The first-order valence-electron chi connectivity index (χ1n) is 4.02. The Morgan fingerprint density at radius 2 is 1.92 bits per heavy atom. The van der Waals surface area contributed by atoms with E-state index in [1.54, 1.807) is 4.90 Å². The molecule has 0 aliphatic carbocycles. The fourth-order valence-corrected chi connectivity index (χ4v) is 1.55. The van der Waals surface area contributed by atoms with Crippen molar-refractivity contribution in [2.24, 2.45) is 5.92 Å². The molecule has 1 atom stereocenters. The van der Waals surface area contributed by atoms with Gasteiger partial charge in [0.15, 0.2) is 0 Å². The lowest BCUT2D eigenvalue weighted by Crippen LogP contribution is -2.33. The molecule has 3 heteroatoms. The van der Waals surface area contributed by atoms with Gasteiger partial charge in [-0.05, 0) is 5.92 Å². The van der Waals surface area contributed by atoms with Crippen LogP contribution in [0, 0.1) is 5.92 Å². The van der Waals surface area contributed by atoms with Crippen LogP contribution in [0.3, 0.4) is 0 Å². The average molecular weight is 172 g/mol. The maximum atomic E-state index is 11.3. The van der Waals surface area contributed by atoms with E-state index in [4.69, 9.17) is 0 Å². The van der Waals surface area contributed by atoms with Gasteiger partial charge in [-0.3, -0.25) is 0 Å². The van der Waals surface area contributed by atoms with Crippen LogP contribution in [-0.2, 0) is 0 Å². The van der Waals surface area contributed by atoms with E-state index < -0.39 is 0 Å². The number of nitrogens with zero attached hydrogens (tertiary/aromatic N) is 2. The van der Waals surface area contributed by atoms with Gasteiger partial charge in [0.25, 0.3) is 0 Å². The van der Waals surface area contributed by atoms with Crippen LogP contribution in [0.5, 0.6) is 0 Å². The minimum atomic E-state index is 0. The predicted molar refractivity (Wildman–Crippen MR) is 51.1 cm³/mol. The second kappa shape index (κ2) is 3.78. The highest BCUT2D eigenvalue weighted by Gasteiger charge is 2.33. The summed E-state index contributed by atoms with van der Waals surface area (Å²) in [6.07, 6.45) is 0. The lowest BCUT2D eigenvalue weighted by Gasteiger charge is -2.20. The molecule has 12 heavy (non-hydrogen) atoms. The van der Waals surface area contributed by atoms with Crippen LogP contribution in [0.4, 0.5) is 4.79 Å². The quantitative estimate of drug-likeness (QED) is 0.590. The van der Waals surface area contributed by atoms with Gasteiger partial charge in [0, 0.05) is 20.6 Å². The summed E-state index contributed by atoms with van der Waals surface area (Å²) in [5.41, 5.74) is 0. The van der Waals surface area contributed by atoms with Crippen LogP contribution in [0.1, 0.15) is 21.3 Å². The predicted octanol–water partition coefficient (Wildman–Crippen LogP) is 1.64. The third kappa shape index (κ3) is 1.71. The third-order valence-electron chi connectivity index (χ3n) is 2.36. The Balaban J connectivity index is 0.00000121. The number of likely N-dealkylation sites (N-methyl/N-ethyl adjacent to an activating group) is 2. The lowest BCUT2D eigenvalue weighted by molar-refractivity contribution is 0.196. The smallest absolute Gasteiger partial charge is 0.319 e. The number of carbonyl (C=O) groups is 1. The Labute approximate surface area is 75.3 Å². The van der Waals surface area contributed by atoms with Crippen molar-refractivity contribution in [1.82, 2.24) is 9.80 Å². The van der Waals surface area contributed by atoms with Gasteiger partial charge in [-0.25, -0.2) is 4.79 Å². The number of amides is 2. The number of urea groups is 1. The van der Waals surface area contributed by atoms with Crippen molar-refractivity contribution >= 4 is 6.03 Å². The molecular formula is C9H20N2O. The highest BCUT2D eigenvalue weighted by molar-refractivity contribution is 5.76. The van der Waals surface area contributed by atoms with Crippen LogP contribution in [-0.4, -0.2) is 42.5 Å². The summed E-state index contributed by atoms with van der Waals surface area (Å²) in [5.74, 6) is 0.550. The highest BCUT2D eigenvalue weighted by Crippen LogP contribution is 2.18. The molecule has 0 radical (unpaired) electrons. The molecule has 0 aromatic carbocycles. The molecule has 0 aromatic rings. The van der Waals surface area contributed by atoms with Crippen molar-refractivity contribution in [2.45, 2.75) is 27.3 Å². The Morgan fingerprint density at radius 1 is 1.42 bits per heavy atom. The zero-order valence-electron chi connectivity index (χ0n) is 7.66. The first kappa shape index (κ1) is 11.3. The maximum absolute atomic E-state index is 11.3. The third-order valence-corrected chi connectivity index (χ3v) is 2.36. The van der Waals surface area contributed by atoms with E-state index in [-0.39, 0.29) is 13.5 Å². The molecule has 0 bridgehead atoms. The van der Waals surface area contributed by atoms with Gasteiger partial charge in [-0.1, -0.05) is 21.3 Å². The fraction of sp³-hybridized carbons (Fsp3) is 0.889. The van der Waals surface area contributed by atoms with Gasteiger partial charge in [0.2, 0.25) is 0 Å². The first-order valence-corrected chi connectivity index (χ1v) is 4.02. The van der Waals surface area contributed by atoms with E-state index >= 15 is 0 Å². The van der Waals surface area contributed by atoms with Gasteiger partial charge >= 0.3 is 6.03 Å². The summed E-state index contributed by atoms with van der Waals surface area (Å²) in [6, 6.07) is 0.538. The number of rotatable bonds is 1. The SMILES string of the molecule is C.CC(C)C1CN(C)C(=O)N1C. The van der Waals surface area contributed by atoms with Crippen LogP contribution >= 0.6 is 0 Å². The lowest BCUT2D eigenvalue weighted by atomic mass is 10.1. The molecule has 1 saturated heterocycles. The van der Waals surface area contributed by atoms with Crippen molar-refractivity contribution < 1.29 is 4.79 Å². The van der Waals surface area contributed by atoms with E-state index in [1.165, 1.54) is 0 Å². The number of carbonyl (C=O) groups excluding carboxylic acids is 1. The summed E-state index contributed by atoms with van der Waals surface area (Å²) in [7, 11) is 3.72. The fourth-order valence-electron chi connectivity index (χ4n) is 1.55. The molecule has 0 aromatic heterocycles. The van der Waals surface area contributed by atoms with Crippen LogP contribution < -0.4 is 0 Å². The van der Waals surface area contributed by atoms with E-state index in [0.717, 1.165) is 6.54 Å². The molecule has 1 heterocycles. The highest BCUT2D eigenvalue weighted by atomic mass is 16.2. The second-order valence-electron chi connectivity index (χ2n) is 3.59. The molecule has 1 aliphatic rings. The standard InChI is InChI=1S/C8H16N2O.CH4/c1-6(2)7-5-9(3)8(11)10(7)4;/h6-7H,5H2,1-4H3;1H4. The van der Waals surface area contributed by atoms with Gasteiger partial charge in [0.1, 0.15) is 0 Å². The molecule has 2 amide bonds. The van der Waals surface area contributed by atoms with E-state index in [2.05, 4.69) is 13.8 Å². The summed E-state index contributed by atoms with van der Waals surface area (Å²) < 4.78 is 0. The van der Waals surface area contributed by atoms with E-state index in [9.17, 15) is 4.79 Å². The largest absolute Gasteiger partial charge is 0.326 e. The van der Waals surface area contributed by atoms with Crippen LogP contribution in [0.2, 0.25) is 0 Å². The summed E-state index contributed by atoms with van der Waals surface area (Å²) in [5, 5.41) is 0. The summed E-state index contributed by atoms with van der Waals surface area (Å²) in [6.45, 7) is 5.16. The number of hydrogen-bond acceptors (Lipinski definition) is 1. The molecule has 1 fully saturated rings. The molecular weight excluding hydrogens is 152 g/mol. The Kier molecular flexibility index (Phi) is 3.55. The summed E-state index contributed by atoms with van der Waals surface area (Å²) in [4.78, 5) is 14.9. The molecule has 0 saturated carbocycles. The van der Waals surface area contributed by atoms with Crippen LogP contribution in [0.15, 0.2) is 0 Å². The molecule has 0 N–H and O–H groups in total. The van der Waals surface area contributed by atoms with Crippen molar-refractivity contribution in [1.29, 1.82) is 0 Å². The van der Waals surface area contributed by atoms with Gasteiger partial charge in [0.05, 0.1) is 6.04 Å². The second-order valence-corrected chi connectivity index (χ2v) is 3.59. The van der Waals surface area contributed by atoms with E-state index in [1.807, 2.05) is 19.0 Å². The maximum Gasteiger partial charge on any atom is 0.319 e. The zero-order chi connectivity index (χ0) is 8.59. The van der Waals surface area contributed by atoms with E-state index in [0.29, 0.717) is 12.0 Å². The van der Waals surface area contributed by atoms with Crippen molar-refractivity contribution in [2.75, 3.05) is 20.6 Å². The Bertz CT molecular complexity index is 168. The van der Waals surface area contributed by atoms with Crippen molar-refractivity contribution in [3.8, 4) is 0 Å². The zero-order valence-corrected chi connectivity index (χ0v) is 7.66. The molecule has 1 aliphatic heterocycles. The minimum Gasteiger partial charge on any atom is -0.326 e. The number of hydrogen-bond donors (Lipinski definition) is 0. The molecule has 3 nitrogen and oxygen atoms in total. The topological polar surface area (TPSA) is 23.6 Å². The normalized spacial score (nSPS) is 23.4. The molecule has 0 spiro atoms. The molecule has 1 unspecified atom stereocenters. The average Bonchev–Trinajstić information content (AvgIpc) is 2.17.